The summed E-state index contributed by atoms with van der Waals surface area (Å²) in [6.07, 6.45) is 0. The number of halogens is 2. The Kier molecular flexibility index (Phi) is 5.83. The van der Waals surface area contributed by atoms with Crippen LogP contribution in [0.25, 0.3) is 0 Å². The summed E-state index contributed by atoms with van der Waals surface area (Å²) < 4.78 is 0. The number of hydrogen-bond donors (Lipinski definition) is 0. The summed E-state index contributed by atoms with van der Waals surface area (Å²) in [5.41, 5.74) is 1.79. The normalized spacial score (nSPS) is 17.2. The van der Waals surface area contributed by atoms with E-state index in [0.717, 1.165) is 29.5 Å². The topological polar surface area (TPSA) is 47.1 Å². The van der Waals surface area contributed by atoms with Crippen molar-refractivity contribution in [2.75, 3.05) is 55.6 Å². The molecule has 2 aromatic rings. The van der Waals surface area contributed by atoms with Crippen LogP contribution < -0.4 is 9.80 Å². The largest absolute Gasteiger partial charge is 0.367 e. The first-order valence-electron chi connectivity index (χ1n) is 9.62. The lowest BCUT2D eigenvalue weighted by atomic mass is 10.2. The summed E-state index contributed by atoms with van der Waals surface area (Å²) in [5, 5.41) is 1.35. The van der Waals surface area contributed by atoms with Crippen LogP contribution in [0, 0.1) is 0 Å². The van der Waals surface area contributed by atoms with Crippen molar-refractivity contribution in [3.05, 3.63) is 58.6 Å². The molecule has 0 unspecified atom stereocenters. The minimum Gasteiger partial charge on any atom is -0.367 e. The lowest BCUT2D eigenvalue weighted by Crippen LogP contribution is -2.51. The van der Waals surface area contributed by atoms with E-state index in [-0.39, 0.29) is 18.5 Å². The van der Waals surface area contributed by atoms with Gasteiger partial charge in [0.05, 0.1) is 10.7 Å². The molecule has 0 radical (unpaired) electrons. The van der Waals surface area contributed by atoms with Gasteiger partial charge in [-0.15, -0.1) is 0 Å². The van der Waals surface area contributed by atoms with Gasteiger partial charge in [0.1, 0.15) is 6.54 Å². The highest BCUT2D eigenvalue weighted by Crippen LogP contribution is 2.26. The number of para-hydroxylation sites is 1. The van der Waals surface area contributed by atoms with Gasteiger partial charge in [-0.2, -0.15) is 0 Å². The molecule has 8 heteroatoms. The minimum atomic E-state index is -0.143. The molecule has 0 aliphatic carbocycles. The zero-order chi connectivity index (χ0) is 20.4. The summed E-state index contributed by atoms with van der Waals surface area (Å²) in [5.74, 6) is -0.0184. The van der Waals surface area contributed by atoms with Crippen LogP contribution in [0.4, 0.5) is 16.2 Å². The predicted octanol–water partition coefficient (Wildman–Crippen LogP) is 3.58. The van der Waals surface area contributed by atoms with Gasteiger partial charge in [0.2, 0.25) is 5.91 Å². The minimum absolute atomic E-state index is 0.0184. The van der Waals surface area contributed by atoms with Crippen LogP contribution >= 0.6 is 23.2 Å². The van der Waals surface area contributed by atoms with Crippen molar-refractivity contribution in [3.8, 4) is 0 Å². The maximum atomic E-state index is 12.7. The zero-order valence-electron chi connectivity index (χ0n) is 15.9. The molecule has 0 N–H and O–H groups in total. The highest BCUT2D eigenvalue weighted by Gasteiger charge is 2.32. The molecule has 3 amide bonds. The van der Waals surface area contributed by atoms with E-state index in [0.29, 0.717) is 31.2 Å². The molecule has 2 fully saturated rings. The molecule has 0 spiro atoms. The van der Waals surface area contributed by atoms with Crippen molar-refractivity contribution in [2.45, 2.75) is 0 Å². The number of benzene rings is 2. The number of carbonyl (C=O) groups excluding carboxylic acids is 2. The van der Waals surface area contributed by atoms with Gasteiger partial charge in [-0.3, -0.25) is 9.69 Å². The fourth-order valence-corrected chi connectivity index (χ4v) is 4.14. The van der Waals surface area contributed by atoms with Crippen molar-refractivity contribution >= 4 is 46.5 Å². The second-order valence-corrected chi connectivity index (χ2v) is 8.00. The van der Waals surface area contributed by atoms with Crippen LogP contribution in [-0.2, 0) is 4.79 Å². The SMILES string of the molecule is O=C(CN1CCN(c2ccc(Cl)cc2)C1=O)N1CCN(c2ccccc2Cl)CC1. The van der Waals surface area contributed by atoms with Crippen molar-refractivity contribution in [1.82, 2.24) is 9.80 Å². The molecule has 0 aromatic heterocycles. The molecule has 2 aliphatic rings. The molecule has 4 rings (SSSR count). The Bertz CT molecular complexity index is 898. The van der Waals surface area contributed by atoms with Crippen molar-refractivity contribution < 1.29 is 9.59 Å². The van der Waals surface area contributed by atoms with Gasteiger partial charge in [0, 0.05) is 50.0 Å². The van der Waals surface area contributed by atoms with Crippen molar-refractivity contribution in [3.63, 3.8) is 0 Å². The van der Waals surface area contributed by atoms with E-state index in [4.69, 9.17) is 23.2 Å². The van der Waals surface area contributed by atoms with Gasteiger partial charge in [-0.1, -0.05) is 35.3 Å². The fraction of sp³-hybridized carbons (Fsp3) is 0.333. The number of nitrogens with zero attached hydrogens (tertiary/aromatic N) is 4. The van der Waals surface area contributed by atoms with Crippen LogP contribution in [0.15, 0.2) is 48.5 Å². The standard InChI is InChI=1S/C21H22Cl2N4O2/c22-16-5-7-17(8-6-16)27-14-13-26(21(27)29)15-20(28)25-11-9-24(10-12-25)19-4-2-1-3-18(19)23/h1-8H,9-15H2. The third kappa shape index (κ3) is 4.28. The number of rotatable bonds is 4. The molecule has 0 bridgehead atoms. The third-order valence-corrected chi connectivity index (χ3v) is 5.96. The zero-order valence-corrected chi connectivity index (χ0v) is 17.4. The number of hydrogen-bond acceptors (Lipinski definition) is 3. The number of urea groups is 1. The summed E-state index contributed by atoms with van der Waals surface area (Å²) in [7, 11) is 0. The Labute approximate surface area is 180 Å². The van der Waals surface area contributed by atoms with E-state index in [1.807, 2.05) is 41.3 Å². The van der Waals surface area contributed by atoms with Gasteiger partial charge in [0.25, 0.3) is 0 Å². The summed E-state index contributed by atoms with van der Waals surface area (Å²) in [6.45, 7) is 3.89. The van der Waals surface area contributed by atoms with E-state index in [1.54, 1.807) is 21.9 Å². The Morgan fingerprint density at radius 2 is 1.55 bits per heavy atom. The molecule has 2 aromatic carbocycles. The third-order valence-electron chi connectivity index (χ3n) is 5.38. The molecule has 2 heterocycles. The van der Waals surface area contributed by atoms with E-state index in [9.17, 15) is 9.59 Å². The number of anilines is 2. The first-order valence-corrected chi connectivity index (χ1v) is 10.4. The molecule has 0 saturated carbocycles. The van der Waals surface area contributed by atoms with Gasteiger partial charge in [-0.05, 0) is 36.4 Å². The smallest absolute Gasteiger partial charge is 0.325 e. The quantitative estimate of drug-likeness (QED) is 0.741. The van der Waals surface area contributed by atoms with Crippen LogP contribution in [0.1, 0.15) is 0 Å². The van der Waals surface area contributed by atoms with Crippen molar-refractivity contribution in [2.24, 2.45) is 0 Å². The maximum Gasteiger partial charge on any atom is 0.325 e. The average molecular weight is 433 g/mol. The Hall–Kier alpha value is -2.44. The first-order chi connectivity index (χ1) is 14.0. The lowest BCUT2D eigenvalue weighted by molar-refractivity contribution is -0.131. The van der Waals surface area contributed by atoms with E-state index < -0.39 is 0 Å². The van der Waals surface area contributed by atoms with Crippen LogP contribution in [0.3, 0.4) is 0 Å². The van der Waals surface area contributed by atoms with Crippen LogP contribution in [0.5, 0.6) is 0 Å². The molecule has 152 valence electrons. The molecular weight excluding hydrogens is 411 g/mol. The van der Waals surface area contributed by atoms with E-state index >= 15 is 0 Å². The predicted molar refractivity (Wildman–Crippen MR) is 116 cm³/mol. The summed E-state index contributed by atoms with van der Waals surface area (Å²) >= 11 is 12.2. The second-order valence-electron chi connectivity index (χ2n) is 7.15. The molecule has 0 atom stereocenters. The first kappa shape index (κ1) is 19.9. The van der Waals surface area contributed by atoms with Gasteiger partial charge in [0.15, 0.2) is 0 Å². The van der Waals surface area contributed by atoms with E-state index in [1.165, 1.54) is 0 Å². The number of piperazine rings is 1. The number of amides is 3. The molecular formula is C21H22Cl2N4O2. The van der Waals surface area contributed by atoms with Gasteiger partial charge < -0.3 is 14.7 Å². The Morgan fingerprint density at radius 3 is 2.24 bits per heavy atom. The fourth-order valence-electron chi connectivity index (χ4n) is 3.76. The molecule has 29 heavy (non-hydrogen) atoms. The number of carbonyl (C=O) groups is 2. The van der Waals surface area contributed by atoms with Gasteiger partial charge in [-0.25, -0.2) is 4.79 Å². The van der Waals surface area contributed by atoms with Crippen LogP contribution in [0.2, 0.25) is 10.0 Å². The summed E-state index contributed by atoms with van der Waals surface area (Å²) in [6, 6.07) is 14.8. The highest BCUT2D eigenvalue weighted by molar-refractivity contribution is 6.33. The monoisotopic (exact) mass is 432 g/mol. The van der Waals surface area contributed by atoms with E-state index in [2.05, 4.69) is 4.90 Å². The molecule has 2 saturated heterocycles. The van der Waals surface area contributed by atoms with Gasteiger partial charge >= 0.3 is 6.03 Å². The van der Waals surface area contributed by atoms with Crippen LogP contribution in [-0.4, -0.2) is 67.6 Å². The second kappa shape index (κ2) is 8.51. The molecule has 6 nitrogen and oxygen atoms in total. The molecule has 2 aliphatic heterocycles. The Morgan fingerprint density at radius 1 is 0.862 bits per heavy atom. The lowest BCUT2D eigenvalue weighted by Gasteiger charge is -2.37. The maximum absolute atomic E-state index is 12.7. The van der Waals surface area contributed by atoms with Crippen molar-refractivity contribution in [1.29, 1.82) is 0 Å². The average Bonchev–Trinajstić information content (AvgIpc) is 3.09. The highest BCUT2D eigenvalue weighted by atomic mass is 35.5. The Balaban J connectivity index is 1.32. The summed E-state index contributed by atoms with van der Waals surface area (Å²) in [4.78, 5) is 32.8.